The number of hydrogen-bond donors (Lipinski definition) is 4. The van der Waals surface area contributed by atoms with Gasteiger partial charge < -0.3 is 20.8 Å². The van der Waals surface area contributed by atoms with Crippen LogP contribution in [0.2, 0.25) is 0 Å². The molecule has 0 unspecified atom stereocenters. The van der Waals surface area contributed by atoms with Gasteiger partial charge in [-0.3, -0.25) is 9.59 Å². The van der Waals surface area contributed by atoms with Crippen molar-refractivity contribution in [2.75, 3.05) is 13.2 Å². The van der Waals surface area contributed by atoms with Crippen molar-refractivity contribution in [1.82, 2.24) is 10.6 Å². The first kappa shape index (κ1) is 35.4. The zero-order chi connectivity index (χ0) is 28.2. The summed E-state index contributed by atoms with van der Waals surface area (Å²) in [6, 6.07) is 0.0679. The average Bonchev–Trinajstić information content (AvgIpc) is 2.93. The van der Waals surface area contributed by atoms with E-state index in [4.69, 9.17) is 10.2 Å². The minimum absolute atomic E-state index is 0.0338. The van der Waals surface area contributed by atoms with Crippen LogP contribution in [-0.4, -0.2) is 47.3 Å². The van der Waals surface area contributed by atoms with Crippen LogP contribution in [0, 0.1) is 0 Å². The second-order valence-electron chi connectivity index (χ2n) is 11.4. The van der Waals surface area contributed by atoms with Gasteiger partial charge in [0.2, 0.25) is 11.8 Å². The van der Waals surface area contributed by atoms with Gasteiger partial charge in [-0.25, -0.2) is 0 Å². The third-order valence-electron chi connectivity index (χ3n) is 7.78. The average molecular weight is 549 g/mol. The van der Waals surface area contributed by atoms with Crippen molar-refractivity contribution in [3.05, 3.63) is 24.3 Å². The fourth-order valence-electron chi connectivity index (χ4n) is 5.09. The molecule has 1 saturated carbocycles. The lowest BCUT2D eigenvalue weighted by molar-refractivity contribution is -0.121. The van der Waals surface area contributed by atoms with Gasteiger partial charge in [-0.2, -0.15) is 0 Å². The van der Waals surface area contributed by atoms with Crippen LogP contribution in [0.4, 0.5) is 0 Å². The number of carbonyl (C=O) groups excluding carboxylic acids is 2. The Kier molecular flexibility index (Phi) is 24.1. The van der Waals surface area contributed by atoms with Crippen molar-refractivity contribution in [2.45, 2.75) is 160 Å². The monoisotopic (exact) mass is 548 g/mol. The number of rotatable bonds is 27. The van der Waals surface area contributed by atoms with Gasteiger partial charge in [-0.1, -0.05) is 108 Å². The van der Waals surface area contributed by atoms with Crippen LogP contribution in [0.15, 0.2) is 24.3 Å². The smallest absolute Gasteiger partial charge is 0.243 e. The number of hydrogen-bond acceptors (Lipinski definition) is 4. The van der Waals surface area contributed by atoms with Gasteiger partial charge in [0.25, 0.3) is 0 Å². The number of amides is 2. The molecule has 226 valence electrons. The van der Waals surface area contributed by atoms with Crippen LogP contribution in [0.25, 0.3) is 0 Å². The number of aliphatic hydroxyl groups excluding tert-OH is 2. The number of nitrogens with one attached hydrogen (secondary N) is 2. The molecule has 0 spiro atoms. The first-order valence-electron chi connectivity index (χ1n) is 16.3. The van der Waals surface area contributed by atoms with Gasteiger partial charge in [0.05, 0.1) is 0 Å². The van der Waals surface area contributed by atoms with Crippen LogP contribution in [0.1, 0.15) is 148 Å². The highest BCUT2D eigenvalue weighted by molar-refractivity contribution is 5.89. The maximum atomic E-state index is 12.2. The summed E-state index contributed by atoms with van der Waals surface area (Å²) in [5.74, 6) is -0.111. The van der Waals surface area contributed by atoms with Crippen molar-refractivity contribution in [3.8, 4) is 0 Å². The zero-order valence-corrected chi connectivity index (χ0v) is 24.9. The Hall–Kier alpha value is -1.66. The molecule has 1 aliphatic rings. The van der Waals surface area contributed by atoms with Crippen LogP contribution >= 0.6 is 0 Å². The summed E-state index contributed by atoms with van der Waals surface area (Å²) in [6.07, 6.45) is 33.8. The largest absolute Gasteiger partial charge is 0.396 e. The zero-order valence-electron chi connectivity index (χ0n) is 24.9. The third-order valence-corrected chi connectivity index (χ3v) is 7.78. The topological polar surface area (TPSA) is 98.7 Å². The minimum atomic E-state index is -0.0564. The van der Waals surface area contributed by atoms with Gasteiger partial charge >= 0.3 is 0 Å². The lowest BCUT2D eigenvalue weighted by Gasteiger charge is -2.37. The normalized spacial score (nSPS) is 17.1. The van der Waals surface area contributed by atoms with Crippen molar-refractivity contribution in [2.24, 2.45) is 0 Å². The molecule has 0 aliphatic heterocycles. The van der Waals surface area contributed by atoms with Crippen molar-refractivity contribution < 1.29 is 19.8 Å². The summed E-state index contributed by atoms with van der Waals surface area (Å²) in [6.45, 7) is 0.639. The Balaban J connectivity index is 1.96. The van der Waals surface area contributed by atoms with Crippen molar-refractivity contribution in [1.29, 1.82) is 0 Å². The first-order chi connectivity index (χ1) is 19.2. The first-order valence-corrected chi connectivity index (χ1v) is 16.3. The highest BCUT2D eigenvalue weighted by Crippen LogP contribution is 2.20. The van der Waals surface area contributed by atoms with Crippen molar-refractivity contribution >= 4 is 11.8 Å². The van der Waals surface area contributed by atoms with Gasteiger partial charge in [0.1, 0.15) is 0 Å². The molecule has 1 fully saturated rings. The number of aliphatic hydroxyl groups is 2. The molecule has 6 nitrogen and oxygen atoms in total. The number of carbonyl (C=O) groups is 2. The molecule has 2 atom stereocenters. The Labute approximate surface area is 239 Å². The summed E-state index contributed by atoms with van der Waals surface area (Å²) in [5.41, 5.74) is 0. The highest BCUT2D eigenvalue weighted by Gasteiger charge is 2.32. The lowest BCUT2D eigenvalue weighted by atomic mass is 9.86. The van der Waals surface area contributed by atoms with Gasteiger partial charge in [-0.05, 0) is 63.5 Å². The predicted molar refractivity (Wildman–Crippen MR) is 163 cm³/mol. The van der Waals surface area contributed by atoms with Crippen molar-refractivity contribution in [3.63, 3.8) is 0 Å². The van der Waals surface area contributed by atoms with E-state index in [2.05, 4.69) is 10.6 Å². The molecular formula is C33H60N2O4. The maximum Gasteiger partial charge on any atom is 0.243 e. The molecule has 0 bridgehead atoms. The molecular weight excluding hydrogens is 488 g/mol. The summed E-state index contributed by atoms with van der Waals surface area (Å²) in [5, 5.41) is 23.6. The summed E-state index contributed by atoms with van der Waals surface area (Å²) in [7, 11) is 0. The second kappa shape index (κ2) is 26.6. The molecule has 0 aromatic rings. The van der Waals surface area contributed by atoms with Gasteiger partial charge in [0, 0.05) is 25.3 Å². The molecule has 0 aromatic carbocycles. The molecule has 6 heteroatoms. The minimum Gasteiger partial charge on any atom is -0.396 e. The summed E-state index contributed by atoms with van der Waals surface area (Å²) >= 11 is 0. The predicted octanol–water partition coefficient (Wildman–Crippen LogP) is 7.04. The van der Waals surface area contributed by atoms with E-state index in [1.165, 1.54) is 83.5 Å². The maximum absolute atomic E-state index is 12.2. The molecule has 4 N–H and O–H groups in total. The Morgan fingerprint density at radius 3 is 1.05 bits per heavy atom. The van der Waals surface area contributed by atoms with E-state index in [0.29, 0.717) is 13.2 Å². The van der Waals surface area contributed by atoms with E-state index in [0.717, 1.165) is 64.2 Å². The number of unbranched alkanes of at least 4 members (excludes halogenated alkanes) is 19. The van der Waals surface area contributed by atoms with Gasteiger partial charge in [0.15, 0.2) is 0 Å². The SMILES string of the molecule is O=C(/C=C/CCCCCCCCCCCO)N[C@@H]1CC[C@H]1NC(=O)/C=C/CCCCCCCCCCCCO. The molecule has 0 heterocycles. The Morgan fingerprint density at radius 1 is 0.487 bits per heavy atom. The third kappa shape index (κ3) is 21.8. The Morgan fingerprint density at radius 2 is 0.769 bits per heavy atom. The highest BCUT2D eigenvalue weighted by atomic mass is 16.3. The summed E-state index contributed by atoms with van der Waals surface area (Å²) < 4.78 is 0. The van der Waals surface area contributed by atoms with E-state index in [9.17, 15) is 9.59 Å². The number of allylic oxidation sites excluding steroid dienone is 2. The van der Waals surface area contributed by atoms with E-state index in [1.807, 2.05) is 12.2 Å². The second-order valence-corrected chi connectivity index (χ2v) is 11.4. The molecule has 2 amide bonds. The van der Waals surface area contributed by atoms with E-state index in [-0.39, 0.29) is 23.9 Å². The lowest BCUT2D eigenvalue weighted by Crippen LogP contribution is -2.57. The molecule has 1 rings (SSSR count). The van der Waals surface area contributed by atoms with E-state index in [1.54, 1.807) is 12.2 Å². The molecule has 1 aliphatic carbocycles. The molecule has 0 aromatic heterocycles. The fraction of sp³-hybridized carbons (Fsp3) is 0.818. The van der Waals surface area contributed by atoms with Gasteiger partial charge in [-0.15, -0.1) is 0 Å². The molecule has 0 saturated heterocycles. The van der Waals surface area contributed by atoms with Crippen LogP contribution in [0.3, 0.4) is 0 Å². The molecule has 0 radical (unpaired) electrons. The Bertz CT molecular complexity index is 650. The van der Waals surface area contributed by atoms with E-state index < -0.39 is 0 Å². The van der Waals surface area contributed by atoms with Crippen LogP contribution < -0.4 is 10.6 Å². The van der Waals surface area contributed by atoms with Crippen LogP contribution in [0.5, 0.6) is 0 Å². The van der Waals surface area contributed by atoms with E-state index >= 15 is 0 Å². The summed E-state index contributed by atoms with van der Waals surface area (Å²) in [4.78, 5) is 24.4. The quantitative estimate of drug-likeness (QED) is 0.0653. The van der Waals surface area contributed by atoms with Crippen LogP contribution in [-0.2, 0) is 9.59 Å². The fourth-order valence-corrected chi connectivity index (χ4v) is 5.09. The standard InChI is InChI=1S/C33H60N2O4/c36-28-22-18-14-10-6-2-1-4-8-12-16-20-24-32(38)34-30-26-27-31(30)35-33(39)25-21-17-13-9-5-3-7-11-15-19-23-29-37/h20-21,24-25,30-31,36-37H,1-19,22-23,26-29H2,(H,34,38)(H,35,39)/b24-20+,25-21+/t30-,31-/m1/s1. The molecule has 39 heavy (non-hydrogen) atoms.